The van der Waals surface area contributed by atoms with E-state index in [9.17, 15) is 14.0 Å². The van der Waals surface area contributed by atoms with Crippen molar-refractivity contribution in [3.8, 4) is 0 Å². The van der Waals surface area contributed by atoms with Crippen LogP contribution >= 0.6 is 0 Å². The van der Waals surface area contributed by atoms with E-state index >= 15 is 0 Å². The van der Waals surface area contributed by atoms with E-state index in [1.54, 1.807) is 22.8 Å². The lowest BCUT2D eigenvalue weighted by atomic mass is 10.1. The molecule has 2 amide bonds. The molecule has 1 aromatic heterocycles. The zero-order valence-corrected chi connectivity index (χ0v) is 19.6. The highest BCUT2D eigenvalue weighted by atomic mass is 19.1. The molecule has 0 radical (unpaired) electrons. The molecule has 1 aliphatic rings. The normalized spacial score (nSPS) is 17.2. The fraction of sp³-hybridized carbons (Fsp3) is 0.417. The van der Waals surface area contributed by atoms with Crippen LogP contribution in [0, 0.1) is 11.2 Å². The second-order valence-corrected chi connectivity index (χ2v) is 9.17. The Bertz CT molecular complexity index is 1070. The molecule has 9 heteroatoms. The Balaban J connectivity index is 1.64. The molecule has 0 spiro atoms. The summed E-state index contributed by atoms with van der Waals surface area (Å²) in [4.78, 5) is 36.0. The van der Waals surface area contributed by atoms with Gasteiger partial charge in [-0.05, 0) is 76.1 Å². The van der Waals surface area contributed by atoms with E-state index in [0.29, 0.717) is 42.3 Å². The molecule has 1 aromatic carbocycles. The van der Waals surface area contributed by atoms with Gasteiger partial charge in [-0.3, -0.25) is 4.79 Å². The maximum Gasteiger partial charge on any atom is 0.410 e. The number of ether oxygens (including phenoxy) is 1. The third-order valence-electron chi connectivity index (χ3n) is 5.24. The van der Waals surface area contributed by atoms with Crippen molar-refractivity contribution in [1.82, 2.24) is 19.8 Å². The van der Waals surface area contributed by atoms with Crippen molar-refractivity contribution >= 4 is 23.3 Å². The van der Waals surface area contributed by atoms with Crippen molar-refractivity contribution < 1.29 is 18.7 Å². The first-order valence-electron chi connectivity index (χ1n) is 10.8. The lowest BCUT2D eigenvalue weighted by molar-refractivity contribution is 0.00191. The van der Waals surface area contributed by atoms with Crippen LogP contribution in [0.1, 0.15) is 56.5 Å². The van der Waals surface area contributed by atoms with Crippen molar-refractivity contribution in [1.29, 1.82) is 5.41 Å². The van der Waals surface area contributed by atoms with Gasteiger partial charge in [0.1, 0.15) is 22.9 Å². The smallest absolute Gasteiger partial charge is 0.410 e. The van der Waals surface area contributed by atoms with Crippen LogP contribution in [0.2, 0.25) is 0 Å². The van der Waals surface area contributed by atoms with E-state index in [0.717, 1.165) is 0 Å². The van der Waals surface area contributed by atoms with E-state index in [2.05, 4.69) is 9.97 Å². The lowest BCUT2D eigenvalue weighted by Gasteiger charge is -2.40. The molecule has 1 saturated heterocycles. The van der Waals surface area contributed by atoms with Gasteiger partial charge in [-0.2, -0.15) is 0 Å². The molecule has 0 bridgehead atoms. The molecule has 2 N–H and O–H groups in total. The van der Waals surface area contributed by atoms with Crippen LogP contribution in [-0.4, -0.2) is 68.8 Å². The Morgan fingerprint density at radius 2 is 1.91 bits per heavy atom. The summed E-state index contributed by atoms with van der Waals surface area (Å²) in [6.45, 7) is 10.3. The van der Waals surface area contributed by atoms with Crippen molar-refractivity contribution in [2.45, 2.75) is 46.3 Å². The van der Waals surface area contributed by atoms with Gasteiger partial charge in [0.05, 0.1) is 11.9 Å². The van der Waals surface area contributed by atoms with Crippen LogP contribution in [-0.2, 0) is 4.74 Å². The van der Waals surface area contributed by atoms with E-state index in [4.69, 9.17) is 10.1 Å². The number of halogens is 1. The molecule has 0 unspecified atom stereocenters. The van der Waals surface area contributed by atoms with Crippen molar-refractivity contribution in [2.24, 2.45) is 0 Å². The number of aromatic amines is 1. The first-order chi connectivity index (χ1) is 15.4. The molecule has 0 saturated carbocycles. The molecular formula is C24H30FN5O3. The SMILES string of the molecule is C/C(=C/C(=N)c1ccc(F)cc1)c1ncc(C(=O)N2CCN(C(=O)OC(C)(C)C)[C@@H](C)C2)[nH]1. The molecule has 2 aromatic rings. The van der Waals surface area contributed by atoms with E-state index < -0.39 is 5.60 Å². The van der Waals surface area contributed by atoms with Crippen LogP contribution in [0.3, 0.4) is 0 Å². The highest BCUT2D eigenvalue weighted by Gasteiger charge is 2.33. The van der Waals surface area contributed by atoms with Gasteiger partial charge in [-0.15, -0.1) is 0 Å². The predicted octanol–water partition coefficient (Wildman–Crippen LogP) is 4.10. The average Bonchev–Trinajstić information content (AvgIpc) is 3.22. The van der Waals surface area contributed by atoms with Gasteiger partial charge >= 0.3 is 6.09 Å². The number of nitrogens with one attached hydrogen (secondary N) is 2. The van der Waals surface area contributed by atoms with Crippen LogP contribution in [0.4, 0.5) is 9.18 Å². The van der Waals surface area contributed by atoms with E-state index in [1.165, 1.54) is 30.5 Å². The van der Waals surface area contributed by atoms with Gasteiger partial charge < -0.3 is 24.9 Å². The molecule has 0 aliphatic carbocycles. The lowest BCUT2D eigenvalue weighted by Crippen LogP contribution is -2.56. The number of hydrogen-bond donors (Lipinski definition) is 2. The summed E-state index contributed by atoms with van der Waals surface area (Å²) in [5, 5.41) is 8.20. The summed E-state index contributed by atoms with van der Waals surface area (Å²) in [5.74, 6) is -0.0841. The van der Waals surface area contributed by atoms with Crippen LogP contribution < -0.4 is 0 Å². The van der Waals surface area contributed by atoms with Crippen LogP contribution in [0.5, 0.6) is 0 Å². The minimum absolute atomic E-state index is 0.183. The van der Waals surface area contributed by atoms with Crippen molar-refractivity contribution in [3.05, 3.63) is 59.4 Å². The summed E-state index contributed by atoms with van der Waals surface area (Å²) in [6, 6.07) is 5.51. The third kappa shape index (κ3) is 6.06. The molecule has 33 heavy (non-hydrogen) atoms. The zero-order valence-electron chi connectivity index (χ0n) is 19.6. The monoisotopic (exact) mass is 455 g/mol. The number of amides is 2. The Morgan fingerprint density at radius 1 is 1.24 bits per heavy atom. The van der Waals surface area contributed by atoms with Gasteiger partial charge in [0.25, 0.3) is 5.91 Å². The van der Waals surface area contributed by atoms with E-state index in [1.807, 2.05) is 27.7 Å². The first-order valence-corrected chi connectivity index (χ1v) is 10.8. The van der Waals surface area contributed by atoms with Crippen molar-refractivity contribution in [2.75, 3.05) is 19.6 Å². The third-order valence-corrected chi connectivity index (χ3v) is 5.24. The summed E-state index contributed by atoms with van der Waals surface area (Å²) < 4.78 is 18.5. The predicted molar refractivity (Wildman–Crippen MR) is 124 cm³/mol. The standard InChI is InChI=1S/C24H30FN5O3/c1-15(12-19(26)17-6-8-18(25)9-7-17)21-27-13-20(28-21)22(31)29-10-11-30(16(2)14-29)23(32)33-24(3,4)5/h6-9,12-13,16,26H,10-11,14H2,1-5H3,(H,27,28)/b15-12-,26-19?/t16-/m0/s1. The number of aromatic nitrogens is 2. The van der Waals surface area contributed by atoms with Gasteiger partial charge in [0.2, 0.25) is 0 Å². The van der Waals surface area contributed by atoms with Gasteiger partial charge in [-0.25, -0.2) is 14.2 Å². The molecule has 8 nitrogen and oxygen atoms in total. The minimum atomic E-state index is -0.575. The molecule has 2 heterocycles. The van der Waals surface area contributed by atoms with Crippen LogP contribution in [0.25, 0.3) is 5.57 Å². The minimum Gasteiger partial charge on any atom is -0.444 e. The molecule has 1 fully saturated rings. The number of hydrogen-bond acceptors (Lipinski definition) is 5. The number of carbonyl (C=O) groups is 2. The fourth-order valence-corrected chi connectivity index (χ4v) is 3.53. The number of nitrogens with zero attached hydrogens (tertiary/aromatic N) is 3. The largest absolute Gasteiger partial charge is 0.444 e. The molecular weight excluding hydrogens is 425 g/mol. The number of rotatable bonds is 4. The average molecular weight is 456 g/mol. The number of benzene rings is 1. The Labute approximate surface area is 193 Å². The number of carbonyl (C=O) groups excluding carboxylic acids is 2. The second-order valence-electron chi connectivity index (χ2n) is 9.17. The molecule has 1 aliphatic heterocycles. The molecule has 176 valence electrons. The molecule has 1 atom stereocenters. The fourth-order valence-electron chi connectivity index (χ4n) is 3.53. The van der Waals surface area contributed by atoms with Gasteiger partial charge in [-0.1, -0.05) is 0 Å². The van der Waals surface area contributed by atoms with Gasteiger partial charge in [0.15, 0.2) is 0 Å². The number of allylic oxidation sites excluding steroid dienone is 2. The van der Waals surface area contributed by atoms with Gasteiger partial charge in [0, 0.05) is 25.7 Å². The maximum atomic E-state index is 13.1. The summed E-state index contributed by atoms with van der Waals surface area (Å²) >= 11 is 0. The topological polar surface area (TPSA) is 102 Å². The Hall–Kier alpha value is -3.49. The Morgan fingerprint density at radius 3 is 2.52 bits per heavy atom. The summed E-state index contributed by atoms with van der Waals surface area (Å²) in [6.07, 6.45) is 2.71. The Kier molecular flexibility index (Phi) is 7.00. The van der Waals surface area contributed by atoms with Crippen LogP contribution in [0.15, 0.2) is 36.5 Å². The number of piperazine rings is 1. The van der Waals surface area contributed by atoms with Crippen molar-refractivity contribution in [3.63, 3.8) is 0 Å². The quantitative estimate of drug-likeness (QED) is 0.678. The molecule has 3 rings (SSSR count). The maximum absolute atomic E-state index is 13.1. The highest BCUT2D eigenvalue weighted by Crippen LogP contribution is 2.18. The number of H-pyrrole nitrogens is 1. The summed E-state index contributed by atoms with van der Waals surface area (Å²) in [5.41, 5.74) is 1.23. The second kappa shape index (κ2) is 9.56. The summed E-state index contributed by atoms with van der Waals surface area (Å²) in [7, 11) is 0. The number of imidazole rings is 1. The van der Waals surface area contributed by atoms with E-state index in [-0.39, 0.29) is 29.6 Å². The zero-order chi connectivity index (χ0) is 24.3. The highest BCUT2D eigenvalue weighted by molar-refractivity contribution is 6.09. The first kappa shape index (κ1) is 24.2.